The van der Waals surface area contributed by atoms with Crippen LogP contribution >= 0.6 is 0 Å². The van der Waals surface area contributed by atoms with Crippen LogP contribution in [0, 0.1) is 11.7 Å². The highest BCUT2D eigenvalue weighted by molar-refractivity contribution is 5.94. The van der Waals surface area contributed by atoms with Crippen LogP contribution in [0.4, 0.5) is 4.39 Å². The standard InChI is InChI=1S/C16H21FN2O2/c1-12(2)11-19-10-9-18(8-7-15(19)20)16(21)13-3-5-14(17)6-4-13/h3-6,12H,7-11H2,1-2H3. The van der Waals surface area contributed by atoms with Gasteiger partial charge in [-0.15, -0.1) is 0 Å². The number of halogens is 1. The van der Waals surface area contributed by atoms with Crippen LogP contribution in [0.1, 0.15) is 30.6 Å². The Balaban J connectivity index is 2.03. The normalized spacial score (nSPS) is 16.3. The maximum Gasteiger partial charge on any atom is 0.253 e. The van der Waals surface area contributed by atoms with E-state index in [0.29, 0.717) is 37.5 Å². The summed E-state index contributed by atoms with van der Waals surface area (Å²) >= 11 is 0. The molecule has 0 aliphatic carbocycles. The summed E-state index contributed by atoms with van der Waals surface area (Å²) in [6.07, 6.45) is 0.347. The molecule has 1 fully saturated rings. The Labute approximate surface area is 124 Å². The van der Waals surface area contributed by atoms with Crippen molar-refractivity contribution in [2.24, 2.45) is 5.92 Å². The summed E-state index contributed by atoms with van der Waals surface area (Å²) in [6.45, 7) is 6.36. The predicted molar refractivity (Wildman–Crippen MR) is 78.3 cm³/mol. The second-order valence-corrected chi connectivity index (χ2v) is 5.78. The van der Waals surface area contributed by atoms with Gasteiger partial charge in [-0.2, -0.15) is 0 Å². The molecule has 1 aliphatic heterocycles. The number of carbonyl (C=O) groups is 2. The van der Waals surface area contributed by atoms with Crippen molar-refractivity contribution in [2.45, 2.75) is 20.3 Å². The zero-order valence-corrected chi connectivity index (χ0v) is 12.5. The molecule has 0 radical (unpaired) electrons. The van der Waals surface area contributed by atoms with Gasteiger partial charge < -0.3 is 9.80 Å². The minimum Gasteiger partial charge on any atom is -0.341 e. The molecule has 0 saturated carbocycles. The lowest BCUT2D eigenvalue weighted by Gasteiger charge is -2.23. The van der Waals surface area contributed by atoms with Gasteiger partial charge in [0.15, 0.2) is 0 Å². The van der Waals surface area contributed by atoms with Gasteiger partial charge in [0.25, 0.3) is 5.91 Å². The molecule has 114 valence electrons. The molecular formula is C16H21FN2O2. The molecule has 2 amide bonds. The lowest BCUT2D eigenvalue weighted by Crippen LogP contribution is -2.37. The van der Waals surface area contributed by atoms with Gasteiger partial charge in [-0.25, -0.2) is 4.39 Å². The molecule has 1 saturated heterocycles. The van der Waals surface area contributed by atoms with Gasteiger partial charge in [-0.3, -0.25) is 9.59 Å². The first-order valence-corrected chi connectivity index (χ1v) is 7.30. The summed E-state index contributed by atoms with van der Waals surface area (Å²) in [5, 5.41) is 0. The first-order valence-electron chi connectivity index (χ1n) is 7.30. The van der Waals surface area contributed by atoms with Crippen LogP contribution < -0.4 is 0 Å². The van der Waals surface area contributed by atoms with Gasteiger partial charge in [0.1, 0.15) is 5.82 Å². The first-order chi connectivity index (χ1) is 9.97. The smallest absolute Gasteiger partial charge is 0.253 e. The second kappa shape index (κ2) is 6.70. The molecule has 21 heavy (non-hydrogen) atoms. The largest absolute Gasteiger partial charge is 0.341 e. The summed E-state index contributed by atoms with van der Waals surface area (Å²) in [5.41, 5.74) is 0.459. The maximum atomic E-state index is 12.9. The van der Waals surface area contributed by atoms with E-state index in [1.165, 1.54) is 24.3 Å². The van der Waals surface area contributed by atoms with Gasteiger partial charge >= 0.3 is 0 Å². The number of carbonyl (C=O) groups excluding carboxylic acids is 2. The molecular weight excluding hydrogens is 271 g/mol. The predicted octanol–water partition coefficient (Wildman–Crippen LogP) is 2.16. The molecule has 1 heterocycles. The van der Waals surface area contributed by atoms with Gasteiger partial charge in [-0.1, -0.05) is 13.8 Å². The van der Waals surface area contributed by atoms with E-state index in [1.54, 1.807) is 4.90 Å². The van der Waals surface area contributed by atoms with Gasteiger partial charge in [0.2, 0.25) is 5.91 Å². The number of hydrogen-bond acceptors (Lipinski definition) is 2. The highest BCUT2D eigenvalue weighted by Crippen LogP contribution is 2.12. The van der Waals surface area contributed by atoms with E-state index in [1.807, 2.05) is 4.90 Å². The number of nitrogens with zero attached hydrogens (tertiary/aromatic N) is 2. The molecule has 0 bridgehead atoms. The average molecular weight is 292 g/mol. The van der Waals surface area contributed by atoms with Crippen LogP contribution in [0.5, 0.6) is 0 Å². The van der Waals surface area contributed by atoms with Crippen LogP contribution in [-0.2, 0) is 4.79 Å². The second-order valence-electron chi connectivity index (χ2n) is 5.78. The number of rotatable bonds is 3. The van der Waals surface area contributed by atoms with E-state index in [-0.39, 0.29) is 17.6 Å². The van der Waals surface area contributed by atoms with Gasteiger partial charge in [0.05, 0.1) is 0 Å². The Morgan fingerprint density at radius 2 is 1.86 bits per heavy atom. The Hall–Kier alpha value is -1.91. The van der Waals surface area contributed by atoms with E-state index in [2.05, 4.69) is 13.8 Å². The van der Waals surface area contributed by atoms with Crippen molar-refractivity contribution in [3.8, 4) is 0 Å². The molecule has 1 aromatic carbocycles. The maximum absolute atomic E-state index is 12.9. The minimum atomic E-state index is -0.360. The van der Waals surface area contributed by atoms with Crippen LogP contribution in [-0.4, -0.2) is 47.8 Å². The highest BCUT2D eigenvalue weighted by Gasteiger charge is 2.24. The van der Waals surface area contributed by atoms with Gasteiger partial charge in [0, 0.05) is 38.2 Å². The molecule has 1 aliphatic rings. The Morgan fingerprint density at radius 3 is 2.48 bits per heavy atom. The van der Waals surface area contributed by atoms with E-state index in [9.17, 15) is 14.0 Å². The third-order valence-corrected chi connectivity index (χ3v) is 3.55. The Bertz CT molecular complexity index is 514. The van der Waals surface area contributed by atoms with Crippen molar-refractivity contribution < 1.29 is 14.0 Å². The van der Waals surface area contributed by atoms with Crippen molar-refractivity contribution in [1.29, 1.82) is 0 Å². The summed E-state index contributed by atoms with van der Waals surface area (Å²) < 4.78 is 12.9. The molecule has 0 spiro atoms. The lowest BCUT2D eigenvalue weighted by atomic mass is 10.2. The van der Waals surface area contributed by atoms with Crippen LogP contribution in [0.3, 0.4) is 0 Å². The number of benzene rings is 1. The molecule has 0 atom stereocenters. The van der Waals surface area contributed by atoms with E-state index < -0.39 is 0 Å². The van der Waals surface area contributed by atoms with Crippen LogP contribution in [0.2, 0.25) is 0 Å². The number of hydrogen-bond donors (Lipinski definition) is 0. The number of amides is 2. The highest BCUT2D eigenvalue weighted by atomic mass is 19.1. The van der Waals surface area contributed by atoms with Crippen LogP contribution in [0.25, 0.3) is 0 Å². The summed E-state index contributed by atoms with van der Waals surface area (Å²) in [4.78, 5) is 27.9. The van der Waals surface area contributed by atoms with Crippen molar-refractivity contribution in [3.63, 3.8) is 0 Å². The van der Waals surface area contributed by atoms with Crippen LogP contribution in [0.15, 0.2) is 24.3 Å². The molecule has 1 aromatic rings. The zero-order chi connectivity index (χ0) is 15.4. The van der Waals surface area contributed by atoms with E-state index in [0.717, 1.165) is 6.54 Å². The fourth-order valence-corrected chi connectivity index (χ4v) is 2.48. The van der Waals surface area contributed by atoms with E-state index in [4.69, 9.17) is 0 Å². The lowest BCUT2D eigenvalue weighted by molar-refractivity contribution is -0.130. The summed E-state index contributed by atoms with van der Waals surface area (Å²) in [6, 6.07) is 5.52. The molecule has 0 unspecified atom stereocenters. The minimum absolute atomic E-state index is 0.0955. The summed E-state index contributed by atoms with van der Waals surface area (Å²) in [7, 11) is 0. The fourth-order valence-electron chi connectivity index (χ4n) is 2.48. The van der Waals surface area contributed by atoms with Crippen molar-refractivity contribution in [2.75, 3.05) is 26.2 Å². The van der Waals surface area contributed by atoms with Gasteiger partial charge in [-0.05, 0) is 30.2 Å². The van der Waals surface area contributed by atoms with Crippen molar-refractivity contribution >= 4 is 11.8 Å². The molecule has 0 aromatic heterocycles. The molecule has 4 nitrogen and oxygen atoms in total. The zero-order valence-electron chi connectivity index (χ0n) is 12.5. The topological polar surface area (TPSA) is 40.6 Å². The first kappa shape index (κ1) is 15.5. The third-order valence-electron chi connectivity index (χ3n) is 3.55. The monoisotopic (exact) mass is 292 g/mol. The fraction of sp³-hybridized carbons (Fsp3) is 0.500. The van der Waals surface area contributed by atoms with E-state index >= 15 is 0 Å². The molecule has 0 N–H and O–H groups in total. The average Bonchev–Trinajstić information content (AvgIpc) is 2.62. The van der Waals surface area contributed by atoms with Crippen molar-refractivity contribution in [3.05, 3.63) is 35.6 Å². The SMILES string of the molecule is CC(C)CN1CCN(C(=O)c2ccc(F)cc2)CCC1=O. The molecule has 2 rings (SSSR count). The Kier molecular flexibility index (Phi) is 4.94. The third kappa shape index (κ3) is 4.03. The van der Waals surface area contributed by atoms with Crippen molar-refractivity contribution in [1.82, 2.24) is 9.80 Å². The quantitative estimate of drug-likeness (QED) is 0.856. The Morgan fingerprint density at radius 1 is 1.19 bits per heavy atom. The summed E-state index contributed by atoms with van der Waals surface area (Å²) in [5.74, 6) is 0.00121. The molecule has 5 heteroatoms.